The van der Waals surface area contributed by atoms with Gasteiger partial charge in [0, 0.05) is 11.3 Å². The van der Waals surface area contributed by atoms with Crippen LogP contribution in [0.15, 0.2) is 78.9 Å². The second kappa shape index (κ2) is 10.1. The van der Waals surface area contributed by atoms with Crippen LogP contribution in [0, 0.1) is 0 Å². The molecule has 0 unspecified atom stereocenters. The molecule has 0 bridgehead atoms. The largest absolute Gasteiger partial charge is 0.497 e. The monoisotopic (exact) mass is 405 g/mol. The molecule has 0 aliphatic heterocycles. The van der Waals surface area contributed by atoms with Crippen LogP contribution in [0.2, 0.25) is 0 Å². The molecule has 6 heteroatoms. The number of ether oxygens (including phenoxy) is 3. The van der Waals surface area contributed by atoms with Crippen LogP contribution in [-0.4, -0.2) is 25.1 Å². The van der Waals surface area contributed by atoms with E-state index in [2.05, 4.69) is 5.32 Å². The SMILES string of the molecule is COc1ccc(NC(=O)[C@@H](C)OC(=O)c2ccccc2COc2ccccc2)cc1. The average Bonchev–Trinajstić information content (AvgIpc) is 2.79. The molecule has 3 aromatic carbocycles. The summed E-state index contributed by atoms with van der Waals surface area (Å²) in [4.78, 5) is 25.0. The summed E-state index contributed by atoms with van der Waals surface area (Å²) >= 11 is 0. The van der Waals surface area contributed by atoms with Crippen LogP contribution < -0.4 is 14.8 Å². The Hall–Kier alpha value is -3.80. The molecule has 6 nitrogen and oxygen atoms in total. The summed E-state index contributed by atoms with van der Waals surface area (Å²) < 4.78 is 16.2. The van der Waals surface area contributed by atoms with Crippen LogP contribution in [-0.2, 0) is 16.1 Å². The number of hydrogen-bond acceptors (Lipinski definition) is 5. The maximum Gasteiger partial charge on any atom is 0.339 e. The van der Waals surface area contributed by atoms with Gasteiger partial charge in [-0.05, 0) is 49.4 Å². The minimum Gasteiger partial charge on any atom is -0.497 e. The first-order valence-electron chi connectivity index (χ1n) is 9.48. The second-order valence-electron chi connectivity index (χ2n) is 6.52. The summed E-state index contributed by atoms with van der Waals surface area (Å²) in [6, 6.07) is 23.2. The topological polar surface area (TPSA) is 73.9 Å². The molecule has 0 spiro atoms. The van der Waals surface area contributed by atoms with Crippen molar-refractivity contribution in [3.8, 4) is 11.5 Å². The van der Waals surface area contributed by atoms with Gasteiger partial charge in [0.2, 0.25) is 0 Å². The highest BCUT2D eigenvalue weighted by Crippen LogP contribution is 2.18. The van der Waals surface area contributed by atoms with Gasteiger partial charge >= 0.3 is 5.97 Å². The lowest BCUT2D eigenvalue weighted by Gasteiger charge is -2.15. The Bertz CT molecular complexity index is 986. The van der Waals surface area contributed by atoms with E-state index in [-0.39, 0.29) is 6.61 Å². The molecule has 1 amide bonds. The minimum atomic E-state index is -0.970. The zero-order valence-electron chi connectivity index (χ0n) is 16.8. The second-order valence-corrected chi connectivity index (χ2v) is 6.52. The Kier molecular flexibility index (Phi) is 7.05. The molecule has 1 atom stereocenters. The van der Waals surface area contributed by atoms with E-state index in [0.29, 0.717) is 28.3 Å². The van der Waals surface area contributed by atoms with Crippen LogP contribution in [0.1, 0.15) is 22.8 Å². The van der Waals surface area contributed by atoms with Gasteiger partial charge in [0.25, 0.3) is 5.91 Å². The fourth-order valence-electron chi connectivity index (χ4n) is 2.72. The Labute approximate surface area is 175 Å². The molecule has 0 aromatic heterocycles. The molecule has 0 aliphatic rings. The molecule has 0 radical (unpaired) electrons. The predicted octanol–water partition coefficient (Wildman–Crippen LogP) is 4.46. The summed E-state index contributed by atoms with van der Waals surface area (Å²) in [6.45, 7) is 1.74. The smallest absolute Gasteiger partial charge is 0.339 e. The van der Waals surface area contributed by atoms with E-state index in [0.717, 1.165) is 0 Å². The number of rotatable bonds is 8. The third kappa shape index (κ3) is 5.61. The van der Waals surface area contributed by atoms with E-state index in [1.54, 1.807) is 49.6 Å². The molecule has 30 heavy (non-hydrogen) atoms. The van der Waals surface area contributed by atoms with Gasteiger partial charge in [0.05, 0.1) is 12.7 Å². The van der Waals surface area contributed by atoms with Crippen LogP contribution in [0.25, 0.3) is 0 Å². The summed E-state index contributed by atoms with van der Waals surface area (Å²) in [6.07, 6.45) is -0.970. The van der Waals surface area contributed by atoms with Crippen molar-refractivity contribution >= 4 is 17.6 Å². The molecule has 0 saturated heterocycles. The summed E-state index contributed by atoms with van der Waals surface area (Å²) in [5, 5.41) is 2.71. The number of para-hydroxylation sites is 1. The lowest BCUT2D eigenvalue weighted by atomic mass is 10.1. The lowest BCUT2D eigenvalue weighted by Crippen LogP contribution is -2.30. The molecule has 3 aromatic rings. The third-order valence-electron chi connectivity index (χ3n) is 4.39. The highest BCUT2D eigenvalue weighted by molar-refractivity contribution is 5.97. The number of methoxy groups -OCH3 is 1. The first-order valence-corrected chi connectivity index (χ1v) is 9.48. The van der Waals surface area contributed by atoms with Crippen LogP contribution >= 0.6 is 0 Å². The number of benzene rings is 3. The third-order valence-corrected chi connectivity index (χ3v) is 4.39. The summed E-state index contributed by atoms with van der Waals surface area (Å²) in [5.74, 6) is 0.376. The van der Waals surface area contributed by atoms with E-state index in [1.165, 1.54) is 6.92 Å². The highest BCUT2D eigenvalue weighted by atomic mass is 16.5. The van der Waals surface area contributed by atoms with Gasteiger partial charge in [-0.1, -0.05) is 36.4 Å². The fourth-order valence-corrected chi connectivity index (χ4v) is 2.72. The van der Waals surface area contributed by atoms with Crippen molar-refractivity contribution < 1.29 is 23.8 Å². The number of esters is 1. The van der Waals surface area contributed by atoms with Crippen LogP contribution in [0.5, 0.6) is 11.5 Å². The zero-order valence-corrected chi connectivity index (χ0v) is 16.8. The van der Waals surface area contributed by atoms with Crippen molar-refractivity contribution in [2.24, 2.45) is 0 Å². The van der Waals surface area contributed by atoms with Gasteiger partial charge in [-0.2, -0.15) is 0 Å². The first kappa shape index (κ1) is 20.9. The van der Waals surface area contributed by atoms with Gasteiger partial charge < -0.3 is 19.5 Å². The fraction of sp³-hybridized carbons (Fsp3) is 0.167. The lowest BCUT2D eigenvalue weighted by molar-refractivity contribution is -0.123. The first-order chi connectivity index (χ1) is 14.6. The minimum absolute atomic E-state index is 0.210. The molecular weight excluding hydrogens is 382 g/mol. The van der Waals surface area contributed by atoms with Gasteiger partial charge in [0.15, 0.2) is 6.10 Å². The number of hydrogen-bond donors (Lipinski definition) is 1. The maximum absolute atomic E-state index is 12.7. The van der Waals surface area contributed by atoms with Crippen LogP contribution in [0.4, 0.5) is 5.69 Å². The van der Waals surface area contributed by atoms with Gasteiger partial charge in [-0.25, -0.2) is 4.79 Å². The normalized spacial score (nSPS) is 11.3. The van der Waals surface area contributed by atoms with Crippen molar-refractivity contribution in [1.82, 2.24) is 0 Å². The molecule has 0 aliphatic carbocycles. The number of carbonyl (C=O) groups excluding carboxylic acids is 2. The molecule has 0 heterocycles. The van der Waals surface area contributed by atoms with Crippen molar-refractivity contribution in [3.63, 3.8) is 0 Å². The van der Waals surface area contributed by atoms with Gasteiger partial charge in [0.1, 0.15) is 18.1 Å². The van der Waals surface area contributed by atoms with Crippen molar-refractivity contribution in [1.29, 1.82) is 0 Å². The quantitative estimate of drug-likeness (QED) is 0.560. The highest BCUT2D eigenvalue weighted by Gasteiger charge is 2.21. The van der Waals surface area contributed by atoms with Crippen molar-refractivity contribution in [3.05, 3.63) is 90.0 Å². The van der Waals surface area contributed by atoms with E-state index in [9.17, 15) is 9.59 Å². The molecule has 0 saturated carbocycles. The molecule has 3 rings (SSSR count). The molecular formula is C24H23NO5. The van der Waals surface area contributed by atoms with Gasteiger partial charge in [-0.3, -0.25) is 4.79 Å². The van der Waals surface area contributed by atoms with Crippen molar-refractivity contribution in [2.75, 3.05) is 12.4 Å². The summed E-state index contributed by atoms with van der Waals surface area (Å²) in [7, 11) is 1.57. The Balaban J connectivity index is 1.61. The van der Waals surface area contributed by atoms with Crippen molar-refractivity contribution in [2.45, 2.75) is 19.6 Å². The predicted molar refractivity (Wildman–Crippen MR) is 114 cm³/mol. The number of carbonyl (C=O) groups is 2. The van der Waals surface area contributed by atoms with Gasteiger partial charge in [-0.15, -0.1) is 0 Å². The molecule has 0 fully saturated rings. The maximum atomic E-state index is 12.7. The average molecular weight is 405 g/mol. The standard InChI is InChI=1S/C24H23NO5/c1-17(23(26)25-19-12-14-20(28-2)15-13-19)30-24(27)22-11-7-6-8-18(22)16-29-21-9-4-3-5-10-21/h3-15,17H,16H2,1-2H3,(H,25,26)/t17-/m1/s1. The van der Waals surface area contributed by atoms with Crippen LogP contribution in [0.3, 0.4) is 0 Å². The van der Waals surface area contributed by atoms with E-state index in [1.807, 2.05) is 36.4 Å². The van der Waals surface area contributed by atoms with E-state index >= 15 is 0 Å². The van der Waals surface area contributed by atoms with E-state index < -0.39 is 18.0 Å². The summed E-state index contributed by atoms with van der Waals surface area (Å²) in [5.41, 5.74) is 1.62. The Morgan fingerprint density at radius 2 is 1.53 bits per heavy atom. The molecule has 154 valence electrons. The number of nitrogens with one attached hydrogen (secondary N) is 1. The Morgan fingerprint density at radius 3 is 2.23 bits per heavy atom. The van der Waals surface area contributed by atoms with E-state index in [4.69, 9.17) is 14.2 Å². The Morgan fingerprint density at radius 1 is 0.867 bits per heavy atom. The number of anilines is 1. The molecule has 1 N–H and O–H groups in total. The number of amides is 1. The zero-order chi connectivity index (χ0) is 21.3.